The van der Waals surface area contributed by atoms with Gasteiger partial charge in [0.1, 0.15) is 0 Å². The lowest BCUT2D eigenvalue weighted by molar-refractivity contribution is 0.0635. The third-order valence-corrected chi connectivity index (χ3v) is 2.22. The number of carbonyl (C=O) groups is 1. The molecule has 0 aromatic heterocycles. The van der Waals surface area contributed by atoms with Gasteiger partial charge in [-0.25, -0.2) is 0 Å². The molecule has 0 spiro atoms. The van der Waals surface area contributed by atoms with Crippen LogP contribution in [-0.4, -0.2) is 12.8 Å². The molecular weight excluding hydrogens is 144 g/mol. The number of ether oxygens (including phenoxy) is 1. The van der Waals surface area contributed by atoms with Gasteiger partial charge >= 0.3 is 6.16 Å². The minimum Gasteiger partial charge on any atom is -0.432 e. The summed E-state index contributed by atoms with van der Waals surface area (Å²) in [5.41, 5.74) is 0. The standard InChI is InChI=1S/C8H13O3/c9-8(10)11-6-5-7-3-1-2-4-7/h7H,1-6H2. The van der Waals surface area contributed by atoms with Gasteiger partial charge in [0.15, 0.2) is 0 Å². The summed E-state index contributed by atoms with van der Waals surface area (Å²) in [6.07, 6.45) is 4.51. The molecule has 0 aromatic rings. The zero-order valence-corrected chi connectivity index (χ0v) is 6.54. The molecule has 1 fully saturated rings. The quantitative estimate of drug-likeness (QED) is 0.589. The maximum Gasteiger partial charge on any atom is 0.549 e. The molecule has 1 radical (unpaired) electrons. The van der Waals surface area contributed by atoms with Crippen LogP contribution in [0.3, 0.4) is 0 Å². The maximum absolute atomic E-state index is 9.84. The van der Waals surface area contributed by atoms with Crippen molar-refractivity contribution in [3.05, 3.63) is 0 Å². The molecule has 0 bridgehead atoms. The minimum atomic E-state index is -1.40. The number of hydrogen-bond donors (Lipinski definition) is 0. The van der Waals surface area contributed by atoms with Crippen LogP contribution in [0.4, 0.5) is 4.79 Å². The summed E-state index contributed by atoms with van der Waals surface area (Å²) in [5.74, 6) is 0.689. The predicted octanol–water partition coefficient (Wildman–Crippen LogP) is 2.13. The molecule has 3 heteroatoms. The van der Waals surface area contributed by atoms with Crippen LogP contribution in [-0.2, 0) is 9.84 Å². The molecule has 0 aliphatic heterocycles. The van der Waals surface area contributed by atoms with E-state index in [2.05, 4.69) is 4.74 Å². The van der Waals surface area contributed by atoms with E-state index in [-0.39, 0.29) is 0 Å². The van der Waals surface area contributed by atoms with Gasteiger partial charge in [-0.3, -0.25) is 0 Å². The fraction of sp³-hybridized carbons (Fsp3) is 0.875. The Morgan fingerprint density at radius 1 is 1.36 bits per heavy atom. The molecule has 11 heavy (non-hydrogen) atoms. The molecular formula is C8H13O3. The third-order valence-electron chi connectivity index (χ3n) is 2.22. The summed E-state index contributed by atoms with van der Waals surface area (Å²) < 4.78 is 4.31. The van der Waals surface area contributed by atoms with Crippen molar-refractivity contribution in [2.24, 2.45) is 5.92 Å². The lowest BCUT2D eigenvalue weighted by atomic mass is 10.1. The Labute approximate surface area is 66.4 Å². The van der Waals surface area contributed by atoms with Gasteiger partial charge < -0.3 is 4.74 Å². The third kappa shape index (κ3) is 3.25. The highest BCUT2D eigenvalue weighted by Crippen LogP contribution is 2.27. The number of carbonyl (C=O) groups excluding carboxylic acids is 1. The van der Waals surface area contributed by atoms with Crippen LogP contribution < -0.4 is 0 Å². The van der Waals surface area contributed by atoms with Crippen LogP contribution in [0, 0.1) is 5.92 Å². The highest BCUT2D eigenvalue weighted by Gasteiger charge is 2.15. The summed E-state index contributed by atoms with van der Waals surface area (Å²) >= 11 is 0. The highest BCUT2D eigenvalue weighted by atomic mass is 16.7. The molecule has 63 valence electrons. The second-order valence-corrected chi connectivity index (χ2v) is 3.04. The monoisotopic (exact) mass is 157 g/mol. The molecule has 0 saturated heterocycles. The number of hydrogen-bond acceptors (Lipinski definition) is 2. The molecule has 3 nitrogen and oxygen atoms in total. The van der Waals surface area contributed by atoms with Gasteiger partial charge in [0, 0.05) is 0 Å². The van der Waals surface area contributed by atoms with Crippen LogP contribution in [0.5, 0.6) is 0 Å². The van der Waals surface area contributed by atoms with E-state index in [0.717, 1.165) is 6.42 Å². The molecule has 0 heterocycles. The molecule has 0 amide bonds. The molecule has 0 unspecified atom stereocenters. The second kappa shape index (κ2) is 4.21. The first-order valence-corrected chi connectivity index (χ1v) is 4.13. The van der Waals surface area contributed by atoms with Gasteiger partial charge in [0.25, 0.3) is 0 Å². The Hall–Kier alpha value is -0.730. The zero-order valence-electron chi connectivity index (χ0n) is 6.54. The summed E-state index contributed by atoms with van der Waals surface area (Å²) in [7, 11) is 0. The van der Waals surface area contributed by atoms with E-state index in [4.69, 9.17) is 0 Å². The van der Waals surface area contributed by atoms with E-state index in [1.165, 1.54) is 25.7 Å². The van der Waals surface area contributed by atoms with Crippen molar-refractivity contribution in [2.75, 3.05) is 6.61 Å². The highest BCUT2D eigenvalue weighted by molar-refractivity contribution is 5.56. The van der Waals surface area contributed by atoms with Crippen LogP contribution in [0.1, 0.15) is 32.1 Å². The van der Waals surface area contributed by atoms with Crippen molar-refractivity contribution in [2.45, 2.75) is 32.1 Å². The van der Waals surface area contributed by atoms with Crippen molar-refractivity contribution >= 4 is 6.16 Å². The molecule has 1 aliphatic carbocycles. The number of rotatable bonds is 3. The normalized spacial score (nSPS) is 18.5. The minimum absolute atomic E-state index is 0.312. The van der Waals surface area contributed by atoms with Crippen LogP contribution in [0.2, 0.25) is 0 Å². The Kier molecular flexibility index (Phi) is 3.20. The average molecular weight is 157 g/mol. The van der Waals surface area contributed by atoms with Gasteiger partial charge in [-0.05, 0) is 12.3 Å². The Morgan fingerprint density at radius 2 is 2.00 bits per heavy atom. The van der Waals surface area contributed by atoms with Crippen molar-refractivity contribution in [3.63, 3.8) is 0 Å². The topological polar surface area (TPSA) is 46.2 Å². The fourth-order valence-corrected chi connectivity index (χ4v) is 1.61. The van der Waals surface area contributed by atoms with Crippen molar-refractivity contribution in [1.82, 2.24) is 0 Å². The van der Waals surface area contributed by atoms with Crippen molar-refractivity contribution in [1.29, 1.82) is 0 Å². The maximum atomic E-state index is 9.84. The molecule has 0 aromatic carbocycles. The summed E-state index contributed by atoms with van der Waals surface area (Å²) in [6, 6.07) is 0. The van der Waals surface area contributed by atoms with Crippen LogP contribution in [0.25, 0.3) is 0 Å². The summed E-state index contributed by atoms with van der Waals surface area (Å²) in [6.45, 7) is 0.312. The van der Waals surface area contributed by atoms with E-state index in [0.29, 0.717) is 12.5 Å². The summed E-state index contributed by atoms with van der Waals surface area (Å²) in [5, 5.41) is 9.84. The first-order chi connectivity index (χ1) is 5.29. The van der Waals surface area contributed by atoms with Crippen molar-refractivity contribution < 1.29 is 14.6 Å². The van der Waals surface area contributed by atoms with Gasteiger partial charge in [0.05, 0.1) is 6.61 Å². The smallest absolute Gasteiger partial charge is 0.432 e. The molecule has 0 atom stereocenters. The van der Waals surface area contributed by atoms with Gasteiger partial charge in [-0.15, -0.1) is 0 Å². The SMILES string of the molecule is [O]C(=O)OCCC1CCCC1. The Morgan fingerprint density at radius 3 is 2.55 bits per heavy atom. The fourth-order valence-electron chi connectivity index (χ4n) is 1.61. The van der Waals surface area contributed by atoms with E-state index < -0.39 is 6.16 Å². The van der Waals surface area contributed by atoms with E-state index in [1.54, 1.807) is 0 Å². The Balaban J connectivity index is 1.98. The van der Waals surface area contributed by atoms with Crippen LogP contribution in [0.15, 0.2) is 0 Å². The molecule has 0 N–H and O–H groups in total. The largest absolute Gasteiger partial charge is 0.549 e. The molecule has 1 aliphatic rings. The zero-order chi connectivity index (χ0) is 8.10. The average Bonchev–Trinajstić information content (AvgIpc) is 2.39. The first kappa shape index (κ1) is 8.37. The van der Waals surface area contributed by atoms with Gasteiger partial charge in [-0.1, -0.05) is 25.7 Å². The van der Waals surface area contributed by atoms with Crippen molar-refractivity contribution in [3.8, 4) is 0 Å². The predicted molar refractivity (Wildman–Crippen MR) is 38.6 cm³/mol. The van der Waals surface area contributed by atoms with Crippen LogP contribution >= 0.6 is 0 Å². The van der Waals surface area contributed by atoms with E-state index in [1.807, 2.05) is 0 Å². The molecule has 1 rings (SSSR count). The first-order valence-electron chi connectivity index (χ1n) is 4.13. The second-order valence-electron chi connectivity index (χ2n) is 3.04. The molecule has 1 saturated carbocycles. The van der Waals surface area contributed by atoms with E-state index in [9.17, 15) is 9.90 Å². The lowest BCUT2D eigenvalue weighted by Gasteiger charge is -2.05. The van der Waals surface area contributed by atoms with Gasteiger partial charge in [0.2, 0.25) is 0 Å². The Bertz CT molecular complexity index is 127. The van der Waals surface area contributed by atoms with Gasteiger partial charge in [-0.2, -0.15) is 9.90 Å². The summed E-state index contributed by atoms with van der Waals surface area (Å²) in [4.78, 5) is 9.84. The lowest BCUT2D eigenvalue weighted by Crippen LogP contribution is -2.04. The van der Waals surface area contributed by atoms with E-state index >= 15 is 0 Å².